The average Bonchev–Trinajstić information content (AvgIpc) is 2.83. The van der Waals surface area contributed by atoms with Gasteiger partial charge in [-0.25, -0.2) is 13.2 Å². The lowest BCUT2D eigenvalue weighted by atomic mass is 10.0. The van der Waals surface area contributed by atoms with Gasteiger partial charge in [-0.15, -0.1) is 0 Å². The molecule has 172 valence electrons. The van der Waals surface area contributed by atoms with Gasteiger partial charge in [-0.2, -0.15) is 4.99 Å². The van der Waals surface area contributed by atoms with Crippen LogP contribution in [0.15, 0.2) is 59.6 Å². The molecule has 1 nitrogen and oxygen atoms in total. The van der Waals surface area contributed by atoms with E-state index in [4.69, 9.17) is 0 Å². The predicted octanol–water partition coefficient (Wildman–Crippen LogP) is 9.00. The number of nitrogens with zero attached hydrogens (tertiary/aromatic N) is 1. The van der Waals surface area contributed by atoms with Crippen molar-refractivity contribution >= 4 is 35.2 Å². The predicted molar refractivity (Wildman–Crippen MR) is 137 cm³/mol. The molecule has 0 bridgehead atoms. The van der Waals surface area contributed by atoms with Crippen molar-refractivity contribution < 1.29 is 13.2 Å². The molecular formula is C29H24F3NS. The third-order valence-corrected chi connectivity index (χ3v) is 5.35. The Morgan fingerprint density at radius 2 is 1.53 bits per heavy atom. The van der Waals surface area contributed by atoms with Crippen LogP contribution >= 0.6 is 12.2 Å². The fourth-order valence-electron chi connectivity index (χ4n) is 3.41. The molecule has 0 aliphatic heterocycles. The van der Waals surface area contributed by atoms with E-state index in [0.29, 0.717) is 5.56 Å². The molecule has 0 aromatic heterocycles. The van der Waals surface area contributed by atoms with Crippen molar-refractivity contribution in [3.63, 3.8) is 0 Å². The van der Waals surface area contributed by atoms with Gasteiger partial charge >= 0.3 is 0 Å². The van der Waals surface area contributed by atoms with Crippen molar-refractivity contribution in [2.24, 2.45) is 4.99 Å². The molecule has 0 fully saturated rings. The Morgan fingerprint density at radius 1 is 0.824 bits per heavy atom. The Hall–Kier alpha value is -3.45. The summed E-state index contributed by atoms with van der Waals surface area (Å²) in [5, 5.41) is 1.94. The zero-order chi connectivity index (χ0) is 24.3. The zero-order valence-electron chi connectivity index (χ0n) is 18.9. The molecule has 5 heteroatoms. The van der Waals surface area contributed by atoms with Crippen LogP contribution < -0.4 is 0 Å². The largest absolute Gasteiger partial charge is 0.206 e. The molecule has 0 amide bonds. The van der Waals surface area contributed by atoms with Crippen LogP contribution in [0.1, 0.15) is 55.7 Å². The minimum absolute atomic E-state index is 0.240. The van der Waals surface area contributed by atoms with E-state index in [9.17, 15) is 13.2 Å². The Bertz CT molecular complexity index is 1250. The number of hydrogen-bond acceptors (Lipinski definition) is 2. The van der Waals surface area contributed by atoms with Crippen molar-refractivity contribution in [1.82, 2.24) is 0 Å². The first-order valence-electron chi connectivity index (χ1n) is 11.2. The molecule has 0 heterocycles. The lowest BCUT2D eigenvalue weighted by molar-refractivity contribution is 0.587. The maximum absolute atomic E-state index is 14.7. The van der Waals surface area contributed by atoms with Crippen LogP contribution in [0, 0.1) is 29.3 Å². The maximum atomic E-state index is 14.7. The summed E-state index contributed by atoms with van der Waals surface area (Å²) in [5.41, 5.74) is 2.59. The quantitative estimate of drug-likeness (QED) is 0.104. The minimum Gasteiger partial charge on any atom is -0.206 e. The molecule has 3 rings (SSSR count). The number of aliphatic imine (C=N–C) groups is 1. The molecule has 0 atom stereocenters. The van der Waals surface area contributed by atoms with Crippen LogP contribution in [0.4, 0.5) is 18.9 Å². The summed E-state index contributed by atoms with van der Waals surface area (Å²) in [4.78, 5) is 3.37. The van der Waals surface area contributed by atoms with Crippen LogP contribution in [0.3, 0.4) is 0 Å². The average molecular weight is 476 g/mol. The van der Waals surface area contributed by atoms with Gasteiger partial charge < -0.3 is 0 Å². The second-order valence-corrected chi connectivity index (χ2v) is 7.98. The highest BCUT2D eigenvalue weighted by Gasteiger charge is 2.09. The van der Waals surface area contributed by atoms with Crippen LogP contribution in [-0.4, -0.2) is 5.16 Å². The topological polar surface area (TPSA) is 12.4 Å². The molecule has 3 aromatic carbocycles. The molecule has 0 radical (unpaired) electrons. The number of isothiocyanates is 1. The van der Waals surface area contributed by atoms with Crippen LogP contribution in [0.2, 0.25) is 0 Å². The number of thiocarbonyl (C=S) groups is 1. The van der Waals surface area contributed by atoms with Crippen molar-refractivity contribution in [3.8, 4) is 23.0 Å². The van der Waals surface area contributed by atoms with Gasteiger partial charge in [-0.3, -0.25) is 0 Å². The summed E-state index contributed by atoms with van der Waals surface area (Å²) < 4.78 is 42.6. The number of unbranched alkanes of at least 4 members (excludes halogenated alkanes) is 4. The van der Waals surface area contributed by atoms with E-state index in [2.05, 4.69) is 36.0 Å². The van der Waals surface area contributed by atoms with Crippen molar-refractivity contribution in [2.45, 2.75) is 39.0 Å². The van der Waals surface area contributed by atoms with Crippen LogP contribution in [0.25, 0.3) is 23.3 Å². The minimum atomic E-state index is -0.863. The number of halogens is 3. The highest BCUT2D eigenvalue weighted by molar-refractivity contribution is 7.78. The number of benzene rings is 3. The van der Waals surface area contributed by atoms with E-state index in [0.717, 1.165) is 41.7 Å². The SMILES string of the molecule is CCCCCCC#Cc1ccc(-c2ccc(/C=C/c3cc(F)c(N=C=S)c(F)c3)c(F)c2)cc1. The summed E-state index contributed by atoms with van der Waals surface area (Å²) >= 11 is 4.39. The zero-order valence-corrected chi connectivity index (χ0v) is 19.7. The van der Waals surface area contributed by atoms with E-state index >= 15 is 0 Å². The summed E-state index contributed by atoms with van der Waals surface area (Å²) in [6.45, 7) is 2.19. The van der Waals surface area contributed by atoms with Crippen LogP contribution in [-0.2, 0) is 0 Å². The third-order valence-electron chi connectivity index (χ3n) is 5.26. The molecular weight excluding hydrogens is 451 g/mol. The summed E-state index contributed by atoms with van der Waals surface area (Å²) in [6, 6.07) is 14.8. The first kappa shape index (κ1) is 25.2. The summed E-state index contributed by atoms with van der Waals surface area (Å²) in [7, 11) is 0. The van der Waals surface area contributed by atoms with Gasteiger partial charge in [0.15, 0.2) is 11.6 Å². The number of hydrogen-bond donors (Lipinski definition) is 0. The van der Waals surface area contributed by atoms with Gasteiger partial charge in [0.1, 0.15) is 11.5 Å². The van der Waals surface area contributed by atoms with Gasteiger partial charge in [0.05, 0.1) is 5.16 Å². The van der Waals surface area contributed by atoms with E-state index in [-0.39, 0.29) is 5.56 Å². The van der Waals surface area contributed by atoms with Crippen molar-refractivity contribution in [1.29, 1.82) is 0 Å². The van der Waals surface area contributed by atoms with Gasteiger partial charge in [0.25, 0.3) is 0 Å². The fraction of sp³-hybridized carbons (Fsp3) is 0.207. The first-order chi connectivity index (χ1) is 16.5. The summed E-state index contributed by atoms with van der Waals surface area (Å²) in [5.74, 6) is 4.21. The van der Waals surface area contributed by atoms with E-state index < -0.39 is 23.1 Å². The Labute approximate surface area is 204 Å². The molecule has 0 aliphatic rings. The Balaban J connectivity index is 1.69. The monoisotopic (exact) mass is 475 g/mol. The van der Waals surface area contributed by atoms with Crippen LogP contribution in [0.5, 0.6) is 0 Å². The Morgan fingerprint density at radius 3 is 2.18 bits per heavy atom. The molecule has 0 unspecified atom stereocenters. The van der Waals surface area contributed by atoms with Gasteiger partial charge in [-0.05, 0) is 65.7 Å². The summed E-state index contributed by atoms with van der Waals surface area (Å²) in [6.07, 6.45) is 8.59. The maximum Gasteiger partial charge on any atom is 0.153 e. The molecule has 0 N–H and O–H groups in total. The molecule has 3 aromatic rings. The molecule has 34 heavy (non-hydrogen) atoms. The van der Waals surface area contributed by atoms with Gasteiger partial charge in [0.2, 0.25) is 0 Å². The van der Waals surface area contributed by atoms with E-state index in [1.807, 2.05) is 29.4 Å². The highest BCUT2D eigenvalue weighted by atomic mass is 32.1. The molecule has 0 aliphatic carbocycles. The first-order valence-corrected chi connectivity index (χ1v) is 11.6. The fourth-order valence-corrected chi connectivity index (χ4v) is 3.50. The van der Waals surface area contributed by atoms with E-state index in [1.165, 1.54) is 37.5 Å². The smallest absolute Gasteiger partial charge is 0.153 e. The molecule has 0 spiro atoms. The molecule has 0 saturated carbocycles. The lowest BCUT2D eigenvalue weighted by Crippen LogP contribution is -1.87. The van der Waals surface area contributed by atoms with Gasteiger partial charge in [0, 0.05) is 17.5 Å². The van der Waals surface area contributed by atoms with Gasteiger partial charge in [-0.1, -0.05) is 74.4 Å². The Kier molecular flexibility index (Phi) is 9.40. The lowest BCUT2D eigenvalue weighted by Gasteiger charge is -2.05. The molecule has 0 saturated heterocycles. The second kappa shape index (κ2) is 12.7. The van der Waals surface area contributed by atoms with Crippen molar-refractivity contribution in [2.75, 3.05) is 0 Å². The van der Waals surface area contributed by atoms with Crippen molar-refractivity contribution in [3.05, 3.63) is 88.7 Å². The standard InChI is InChI=1S/C29H24F3NS/c1-2-3-4-5-6-7-8-21-9-12-23(13-10-21)25-16-15-24(26(30)19-25)14-11-22-17-27(31)29(33-20-34)28(32)18-22/h9-19H,2-6H2,1H3/b14-11+. The third kappa shape index (κ3) is 7.02. The number of rotatable bonds is 8. The normalized spacial score (nSPS) is 10.6. The second-order valence-electron chi connectivity index (χ2n) is 7.80. The van der Waals surface area contributed by atoms with E-state index in [1.54, 1.807) is 12.1 Å². The highest BCUT2D eigenvalue weighted by Crippen LogP contribution is 2.26.